The summed E-state index contributed by atoms with van der Waals surface area (Å²) in [7, 11) is -10.1. The third kappa shape index (κ3) is 9.49. The number of phosphoric acid groups is 1. The monoisotopic (exact) mass is 681 g/mol. The molecule has 2 rings (SSSR count). The summed E-state index contributed by atoms with van der Waals surface area (Å²) in [5.74, 6) is 0. The fourth-order valence-corrected chi connectivity index (χ4v) is 6.96. The molecule has 1 N–H and O–H groups in total. The summed E-state index contributed by atoms with van der Waals surface area (Å²) < 4.78 is 41.8. The lowest BCUT2D eigenvalue weighted by Crippen LogP contribution is -2.51. The zero-order chi connectivity index (χ0) is 31.1. The van der Waals surface area contributed by atoms with Gasteiger partial charge in [0.15, 0.2) is 22.9 Å². The van der Waals surface area contributed by atoms with E-state index in [1.54, 1.807) is 0 Å². The summed E-state index contributed by atoms with van der Waals surface area (Å²) in [5, 5.41) is -0.462. The van der Waals surface area contributed by atoms with Crippen LogP contribution in [0, 0.1) is 0 Å². The van der Waals surface area contributed by atoms with Gasteiger partial charge in [0.05, 0.1) is 6.61 Å². The van der Waals surface area contributed by atoms with Gasteiger partial charge in [0.1, 0.15) is 24.9 Å². The topological polar surface area (TPSA) is 141 Å². The molecule has 1 saturated heterocycles. The Balaban J connectivity index is 2.61. The molecule has 1 unspecified atom stereocenters. The van der Waals surface area contributed by atoms with Crippen molar-refractivity contribution in [3.05, 3.63) is 33.1 Å². The van der Waals surface area contributed by atoms with E-state index in [0.29, 0.717) is 0 Å². The van der Waals surface area contributed by atoms with E-state index >= 15 is 0 Å². The number of rotatable bonds is 10. The van der Waals surface area contributed by atoms with Crippen LogP contribution >= 0.6 is 42.6 Å². The minimum Gasteiger partial charge on any atom is -0.756 e. The lowest BCUT2D eigenvalue weighted by atomic mass is 10.1. The highest BCUT2D eigenvalue weighted by atomic mass is 35.6. The van der Waals surface area contributed by atoms with Crippen LogP contribution in [-0.4, -0.2) is 61.5 Å². The Morgan fingerprint density at radius 1 is 1.02 bits per heavy atom. The first-order chi connectivity index (χ1) is 17.8. The third-order valence-corrected chi connectivity index (χ3v) is 17.9. The van der Waals surface area contributed by atoms with Crippen molar-refractivity contribution in [2.45, 2.75) is 106 Å². The smallest absolute Gasteiger partial charge is 0.330 e. The van der Waals surface area contributed by atoms with Crippen LogP contribution in [0.5, 0.6) is 0 Å². The van der Waals surface area contributed by atoms with Crippen LogP contribution in [0.4, 0.5) is 0 Å². The first kappa shape index (κ1) is 36.2. The van der Waals surface area contributed by atoms with Crippen molar-refractivity contribution >= 4 is 59.3 Å². The van der Waals surface area contributed by atoms with Crippen LogP contribution in [0.15, 0.2) is 21.9 Å². The molecule has 0 amide bonds. The maximum Gasteiger partial charge on any atom is 0.330 e. The van der Waals surface area contributed by atoms with Gasteiger partial charge < -0.3 is 27.5 Å². The van der Waals surface area contributed by atoms with Gasteiger partial charge >= 0.3 is 5.69 Å². The summed E-state index contributed by atoms with van der Waals surface area (Å²) in [6, 6.07) is 1.16. The average molecular weight is 683 g/mol. The normalized spacial score (nSPS) is 24.8. The molecule has 1 aromatic heterocycles. The number of aromatic nitrogens is 2. The van der Waals surface area contributed by atoms with Crippen LogP contribution in [-0.2, 0) is 27.2 Å². The number of alkyl halides is 3. The maximum atomic E-state index is 13.0. The summed E-state index contributed by atoms with van der Waals surface area (Å²) in [4.78, 5) is 39.8. The number of hydrogen-bond donors (Lipinski definition) is 1. The summed E-state index contributed by atoms with van der Waals surface area (Å²) in [5.41, 5.74) is -1.36. The number of H-pyrrole nitrogens is 1. The number of ether oxygens (including phenoxy) is 1. The Kier molecular flexibility index (Phi) is 11.3. The van der Waals surface area contributed by atoms with Gasteiger partial charge in [-0.15, -0.1) is 0 Å². The number of aromatic amines is 1. The van der Waals surface area contributed by atoms with Crippen LogP contribution in [0.1, 0.15) is 47.8 Å². The molecule has 40 heavy (non-hydrogen) atoms. The Bertz CT molecular complexity index is 1190. The van der Waals surface area contributed by atoms with Gasteiger partial charge in [-0.2, -0.15) is 0 Å². The highest BCUT2D eigenvalue weighted by Gasteiger charge is 2.53. The number of nitrogens with zero attached hydrogens (tertiary/aromatic N) is 1. The fraction of sp³-hybridized carbons (Fsp3) is 0.826. The molecule has 1 aromatic rings. The van der Waals surface area contributed by atoms with Gasteiger partial charge in [-0.25, -0.2) is 4.79 Å². The van der Waals surface area contributed by atoms with E-state index in [2.05, 4.69) is 25.8 Å². The molecule has 232 valence electrons. The molecular formula is C23H41Cl3N2O9PSi2-. The first-order valence-corrected chi connectivity index (χ1v) is 21.2. The molecular weight excluding hydrogens is 642 g/mol. The van der Waals surface area contributed by atoms with Crippen LogP contribution in [0.2, 0.25) is 36.3 Å². The largest absolute Gasteiger partial charge is 0.756 e. The molecule has 1 aliphatic heterocycles. The predicted molar refractivity (Wildman–Crippen MR) is 159 cm³/mol. The van der Waals surface area contributed by atoms with E-state index in [4.69, 9.17) is 57.4 Å². The Morgan fingerprint density at radius 3 is 2.05 bits per heavy atom. The van der Waals surface area contributed by atoms with Crippen molar-refractivity contribution in [3.8, 4) is 0 Å². The molecule has 0 aromatic carbocycles. The highest BCUT2D eigenvalue weighted by Crippen LogP contribution is 2.49. The second kappa shape index (κ2) is 12.5. The van der Waals surface area contributed by atoms with Crippen molar-refractivity contribution in [2.75, 3.05) is 13.2 Å². The molecule has 5 atom stereocenters. The molecule has 2 heterocycles. The molecule has 0 aliphatic carbocycles. The zero-order valence-corrected chi connectivity index (χ0v) is 29.7. The molecule has 0 spiro atoms. The van der Waals surface area contributed by atoms with Crippen LogP contribution in [0.25, 0.3) is 0 Å². The van der Waals surface area contributed by atoms with Crippen molar-refractivity contribution < 1.29 is 32.1 Å². The molecule has 0 saturated carbocycles. The van der Waals surface area contributed by atoms with Crippen molar-refractivity contribution in [1.82, 2.24) is 9.55 Å². The Hall–Kier alpha value is -0.0262. The SMILES string of the molecule is CC(C)(C)[Si](C)(C)OC[C@H]1O[C@@H](n2ccc(=O)[nH]c2=O)[C@H](O[Si](C)(C)C(C)(C)C)[C@@H]1OP(=O)([O-])OCC(Cl)(Cl)Cl. The lowest BCUT2D eigenvalue weighted by molar-refractivity contribution is -0.233. The Morgan fingerprint density at radius 2 is 1.57 bits per heavy atom. The number of nitrogens with one attached hydrogen (secondary N) is 1. The van der Waals surface area contributed by atoms with E-state index < -0.39 is 70.6 Å². The predicted octanol–water partition coefficient (Wildman–Crippen LogP) is 5.09. The second-order valence-corrected chi connectivity index (χ2v) is 26.3. The van der Waals surface area contributed by atoms with E-state index in [0.717, 1.165) is 10.6 Å². The maximum absolute atomic E-state index is 13.0. The minimum atomic E-state index is -5.09. The molecule has 1 aliphatic rings. The molecule has 0 radical (unpaired) electrons. The van der Waals surface area contributed by atoms with Gasteiger partial charge in [0.2, 0.25) is 3.79 Å². The van der Waals surface area contributed by atoms with E-state index in [-0.39, 0.29) is 16.7 Å². The van der Waals surface area contributed by atoms with E-state index in [1.165, 1.54) is 6.20 Å². The van der Waals surface area contributed by atoms with Crippen molar-refractivity contribution in [3.63, 3.8) is 0 Å². The average Bonchev–Trinajstić information content (AvgIpc) is 3.05. The first-order valence-electron chi connectivity index (χ1n) is 12.8. The Labute approximate surface area is 252 Å². The third-order valence-electron chi connectivity index (χ3n) is 7.70. The summed E-state index contributed by atoms with van der Waals surface area (Å²) >= 11 is 17.1. The van der Waals surface area contributed by atoms with Gasteiger partial charge in [0, 0.05) is 12.3 Å². The number of hydrogen-bond acceptors (Lipinski definition) is 9. The zero-order valence-electron chi connectivity index (χ0n) is 24.6. The second-order valence-electron chi connectivity index (χ2n) is 12.9. The standard InChI is InChI=1S/C23H42Cl3N2O9PSi2/c1-21(2,3)39(7,8)34-13-15-17(36-38(31,32)33-14-23(24,25)26)18(37-40(9,10)22(4,5)6)19(35-15)28-12-11-16(29)27-20(28)30/h11-12,15,17-19H,13-14H2,1-10H3,(H,31,32)(H,27,29,30)/p-1/t15-,17-,18-,19-/m1/s1. The van der Waals surface area contributed by atoms with Crippen LogP contribution in [0.3, 0.4) is 0 Å². The van der Waals surface area contributed by atoms with E-state index in [1.807, 2.05) is 47.0 Å². The lowest BCUT2D eigenvalue weighted by Gasteiger charge is -2.41. The summed E-state index contributed by atoms with van der Waals surface area (Å²) in [6.07, 6.45) is -3.33. The number of halogens is 3. The quantitative estimate of drug-likeness (QED) is 0.203. The highest BCUT2D eigenvalue weighted by molar-refractivity contribution is 7.45. The summed E-state index contributed by atoms with van der Waals surface area (Å²) in [6.45, 7) is 19.4. The van der Waals surface area contributed by atoms with Crippen LogP contribution < -0.4 is 16.1 Å². The fourth-order valence-electron chi connectivity index (χ4n) is 3.30. The van der Waals surface area contributed by atoms with E-state index in [9.17, 15) is 19.0 Å². The molecule has 17 heteroatoms. The van der Waals surface area contributed by atoms with Gasteiger partial charge in [-0.05, 0) is 36.3 Å². The minimum absolute atomic E-state index is 0.0580. The molecule has 0 bridgehead atoms. The van der Waals surface area contributed by atoms with Crippen molar-refractivity contribution in [1.29, 1.82) is 0 Å². The van der Waals surface area contributed by atoms with Gasteiger partial charge in [0.25, 0.3) is 13.4 Å². The van der Waals surface area contributed by atoms with Gasteiger partial charge in [-0.1, -0.05) is 76.3 Å². The number of phosphoric ester groups is 1. The van der Waals surface area contributed by atoms with Crippen molar-refractivity contribution in [2.24, 2.45) is 0 Å². The molecule has 11 nitrogen and oxygen atoms in total. The molecule has 1 fully saturated rings. The van der Waals surface area contributed by atoms with Gasteiger partial charge in [-0.3, -0.25) is 18.9 Å².